The molecule has 1 N–H and O–H groups in total. The van der Waals surface area contributed by atoms with Crippen LogP contribution in [-0.4, -0.2) is 46.8 Å². The highest BCUT2D eigenvalue weighted by atomic mass is 32.1. The van der Waals surface area contributed by atoms with Crippen molar-refractivity contribution in [2.45, 2.75) is 13.5 Å². The van der Waals surface area contributed by atoms with Crippen LogP contribution in [0.25, 0.3) is 0 Å². The number of nitrogens with one attached hydrogen (secondary N) is 1. The van der Waals surface area contributed by atoms with Gasteiger partial charge in [-0.05, 0) is 33.2 Å². The Morgan fingerprint density at radius 2 is 2.19 bits per heavy atom. The Morgan fingerprint density at radius 3 is 2.81 bits per heavy atom. The van der Waals surface area contributed by atoms with Crippen molar-refractivity contribution in [1.82, 2.24) is 20.1 Å². The molecule has 0 aliphatic rings. The smallest absolute Gasteiger partial charge is 0.358 e. The van der Waals surface area contributed by atoms with Crippen LogP contribution in [-0.2, 0) is 11.3 Å². The van der Waals surface area contributed by atoms with Crippen molar-refractivity contribution in [3.8, 4) is 0 Å². The van der Waals surface area contributed by atoms with E-state index in [1.807, 2.05) is 24.4 Å². The van der Waals surface area contributed by atoms with Crippen molar-refractivity contribution in [3.05, 3.63) is 28.9 Å². The minimum absolute atomic E-state index is 0.190. The van der Waals surface area contributed by atoms with E-state index in [1.165, 1.54) is 11.3 Å². The molecule has 0 amide bonds. The molecule has 0 radical (unpaired) electrons. The first kappa shape index (κ1) is 15.3. The first-order valence-corrected chi connectivity index (χ1v) is 7.33. The Balaban J connectivity index is 2.00. The second-order valence-corrected chi connectivity index (χ2v) is 5.39. The topological polar surface area (TPSA) is 80.2 Å². The van der Waals surface area contributed by atoms with Gasteiger partial charge in [0, 0.05) is 11.9 Å². The Morgan fingerprint density at radius 1 is 1.38 bits per heavy atom. The maximum absolute atomic E-state index is 11.5. The lowest BCUT2D eigenvalue weighted by molar-refractivity contribution is 0.0518. The number of carbonyl (C=O) groups is 1. The number of hydrogen-bond acceptors (Lipinski definition) is 8. The average Bonchev–Trinajstić information content (AvgIpc) is 2.86. The monoisotopic (exact) mass is 307 g/mol. The van der Waals surface area contributed by atoms with Crippen LogP contribution >= 0.6 is 11.3 Å². The van der Waals surface area contributed by atoms with Gasteiger partial charge in [0.25, 0.3) is 0 Å². The van der Waals surface area contributed by atoms with E-state index in [2.05, 4.69) is 20.5 Å². The molecule has 2 aromatic heterocycles. The minimum Gasteiger partial charge on any atom is -0.461 e. The SMILES string of the molecule is CCOC(=O)c1ccc(Nc2nc(CN(C)C)cs2)nn1. The highest BCUT2D eigenvalue weighted by molar-refractivity contribution is 7.13. The van der Waals surface area contributed by atoms with Gasteiger partial charge in [-0.15, -0.1) is 21.5 Å². The lowest BCUT2D eigenvalue weighted by Gasteiger charge is -2.05. The van der Waals surface area contributed by atoms with Gasteiger partial charge in [0.1, 0.15) is 0 Å². The summed E-state index contributed by atoms with van der Waals surface area (Å²) in [6, 6.07) is 3.24. The fourth-order valence-corrected chi connectivity index (χ4v) is 2.29. The van der Waals surface area contributed by atoms with Crippen molar-refractivity contribution in [1.29, 1.82) is 0 Å². The van der Waals surface area contributed by atoms with Crippen LogP contribution in [0.3, 0.4) is 0 Å². The van der Waals surface area contributed by atoms with E-state index in [-0.39, 0.29) is 5.69 Å². The highest BCUT2D eigenvalue weighted by Gasteiger charge is 2.09. The first-order valence-electron chi connectivity index (χ1n) is 6.45. The standard InChI is InChI=1S/C13H17N5O2S/c1-4-20-12(19)10-5-6-11(17-16-10)15-13-14-9(8-21-13)7-18(2)3/h5-6,8H,4,7H2,1-3H3,(H,14,15,17). The number of aromatic nitrogens is 3. The van der Waals surface area contributed by atoms with Crippen molar-refractivity contribution in [2.24, 2.45) is 0 Å². The third-order valence-corrected chi connectivity index (χ3v) is 3.22. The van der Waals surface area contributed by atoms with Crippen LogP contribution in [0.15, 0.2) is 17.5 Å². The largest absolute Gasteiger partial charge is 0.461 e. The van der Waals surface area contributed by atoms with Crippen LogP contribution in [0.4, 0.5) is 10.9 Å². The van der Waals surface area contributed by atoms with E-state index >= 15 is 0 Å². The Labute approximate surface area is 127 Å². The molecule has 0 bridgehead atoms. The highest BCUT2D eigenvalue weighted by Crippen LogP contribution is 2.19. The van der Waals surface area contributed by atoms with Crippen molar-refractivity contribution in [3.63, 3.8) is 0 Å². The van der Waals surface area contributed by atoms with Gasteiger partial charge in [-0.25, -0.2) is 9.78 Å². The molecule has 0 unspecified atom stereocenters. The number of hydrogen-bond donors (Lipinski definition) is 1. The third kappa shape index (κ3) is 4.47. The first-order chi connectivity index (χ1) is 10.1. The summed E-state index contributed by atoms with van der Waals surface area (Å²) >= 11 is 1.50. The lowest BCUT2D eigenvalue weighted by atomic mass is 10.4. The third-order valence-electron chi connectivity index (χ3n) is 2.41. The zero-order valence-corrected chi connectivity index (χ0v) is 13.0. The zero-order valence-electron chi connectivity index (χ0n) is 12.2. The van der Waals surface area contributed by atoms with Crippen molar-refractivity contribution in [2.75, 3.05) is 26.0 Å². The fraction of sp³-hybridized carbons (Fsp3) is 0.385. The Bertz CT molecular complexity index is 597. The van der Waals surface area contributed by atoms with E-state index in [0.717, 1.165) is 17.4 Å². The Kier molecular flexibility index (Phi) is 5.18. The van der Waals surface area contributed by atoms with E-state index in [0.29, 0.717) is 12.4 Å². The van der Waals surface area contributed by atoms with E-state index in [4.69, 9.17) is 4.74 Å². The second-order valence-electron chi connectivity index (χ2n) is 4.53. The molecule has 0 aliphatic heterocycles. The summed E-state index contributed by atoms with van der Waals surface area (Å²) in [6.45, 7) is 2.84. The molecule has 2 heterocycles. The maximum Gasteiger partial charge on any atom is 0.358 e. The molecule has 2 aromatic rings. The van der Waals surface area contributed by atoms with Crippen molar-refractivity contribution < 1.29 is 9.53 Å². The van der Waals surface area contributed by atoms with Gasteiger partial charge in [0.15, 0.2) is 16.6 Å². The molecule has 112 valence electrons. The van der Waals surface area contributed by atoms with Gasteiger partial charge in [0.05, 0.1) is 12.3 Å². The van der Waals surface area contributed by atoms with Gasteiger partial charge in [-0.1, -0.05) is 0 Å². The molecule has 0 spiro atoms. The number of anilines is 2. The molecule has 0 aromatic carbocycles. The number of rotatable bonds is 6. The van der Waals surface area contributed by atoms with Gasteiger partial charge >= 0.3 is 5.97 Å². The predicted molar refractivity (Wildman–Crippen MR) is 80.8 cm³/mol. The zero-order chi connectivity index (χ0) is 15.2. The molecule has 2 rings (SSSR count). The molecular formula is C13H17N5O2S. The summed E-state index contributed by atoms with van der Waals surface area (Å²) in [6.07, 6.45) is 0. The Hall–Kier alpha value is -2.06. The predicted octanol–water partition coefficient (Wildman–Crippen LogP) is 1.92. The van der Waals surface area contributed by atoms with E-state index in [9.17, 15) is 4.79 Å². The molecule has 0 saturated carbocycles. The van der Waals surface area contributed by atoms with E-state index in [1.54, 1.807) is 19.1 Å². The second kappa shape index (κ2) is 7.09. The van der Waals surface area contributed by atoms with Gasteiger partial charge in [0.2, 0.25) is 0 Å². The number of carbonyl (C=O) groups excluding carboxylic acids is 1. The summed E-state index contributed by atoms with van der Waals surface area (Å²) in [4.78, 5) is 17.9. The number of thiazole rings is 1. The molecule has 0 aliphatic carbocycles. The summed E-state index contributed by atoms with van der Waals surface area (Å²) in [5, 5.41) is 13.6. The van der Waals surface area contributed by atoms with Gasteiger partial charge < -0.3 is 15.0 Å². The van der Waals surface area contributed by atoms with Gasteiger partial charge in [-0.3, -0.25) is 0 Å². The van der Waals surface area contributed by atoms with Crippen LogP contribution < -0.4 is 5.32 Å². The fourth-order valence-electron chi connectivity index (χ4n) is 1.58. The summed E-state index contributed by atoms with van der Waals surface area (Å²) in [7, 11) is 3.98. The van der Waals surface area contributed by atoms with E-state index < -0.39 is 5.97 Å². The van der Waals surface area contributed by atoms with Crippen LogP contribution in [0.1, 0.15) is 23.1 Å². The molecule has 0 saturated heterocycles. The summed E-state index contributed by atoms with van der Waals surface area (Å²) in [5.41, 5.74) is 1.18. The molecular weight excluding hydrogens is 290 g/mol. The van der Waals surface area contributed by atoms with Gasteiger partial charge in [-0.2, -0.15) is 0 Å². The van der Waals surface area contributed by atoms with Crippen LogP contribution in [0.2, 0.25) is 0 Å². The van der Waals surface area contributed by atoms with Crippen molar-refractivity contribution >= 4 is 28.3 Å². The summed E-state index contributed by atoms with van der Waals surface area (Å²) in [5.74, 6) is 0.0628. The van der Waals surface area contributed by atoms with Crippen LogP contribution in [0.5, 0.6) is 0 Å². The average molecular weight is 307 g/mol. The number of ether oxygens (including phenoxy) is 1. The minimum atomic E-state index is -0.473. The molecule has 8 heteroatoms. The number of nitrogens with zero attached hydrogens (tertiary/aromatic N) is 4. The van der Waals surface area contributed by atoms with Crippen LogP contribution in [0, 0.1) is 0 Å². The quantitative estimate of drug-likeness (QED) is 0.816. The molecule has 21 heavy (non-hydrogen) atoms. The normalized spacial score (nSPS) is 10.7. The molecule has 0 atom stereocenters. The molecule has 0 fully saturated rings. The number of esters is 1. The summed E-state index contributed by atoms with van der Waals surface area (Å²) < 4.78 is 4.85. The maximum atomic E-state index is 11.5. The lowest BCUT2D eigenvalue weighted by Crippen LogP contribution is -2.11. The molecule has 7 nitrogen and oxygen atoms in total.